The first kappa shape index (κ1) is 21.7. The van der Waals surface area contributed by atoms with Gasteiger partial charge in [0, 0.05) is 21.1 Å². The molecule has 1 aromatic heterocycles. The lowest BCUT2D eigenvalue weighted by Gasteiger charge is -2.16. The normalized spacial score (nSPS) is 14.5. The maximum atomic E-state index is 13.5. The predicted octanol–water partition coefficient (Wildman–Crippen LogP) is 6.91. The maximum absolute atomic E-state index is 13.5. The van der Waals surface area contributed by atoms with Crippen molar-refractivity contribution >= 4 is 45.7 Å². The van der Waals surface area contributed by atoms with Crippen LogP contribution < -0.4 is 15.4 Å². The van der Waals surface area contributed by atoms with E-state index in [9.17, 15) is 13.2 Å². The van der Waals surface area contributed by atoms with Gasteiger partial charge in [-0.3, -0.25) is 0 Å². The van der Waals surface area contributed by atoms with Crippen molar-refractivity contribution in [2.24, 2.45) is 0 Å². The van der Waals surface area contributed by atoms with Crippen molar-refractivity contribution in [1.82, 2.24) is 9.97 Å². The summed E-state index contributed by atoms with van der Waals surface area (Å²) < 4.78 is 47.4. The standard InChI is InChI=1S/C22H20F3IN4O/c23-22(24,25)19-13-27-21(29-16-7-5-14(26)6-8-16)30-20(19)28-15-9-11-18(12-10-15)31-17-3-1-2-4-17/h5-13,17H,1-4H2,(H2,27,28,29,30). The van der Waals surface area contributed by atoms with Gasteiger partial charge in [-0.25, -0.2) is 4.98 Å². The van der Waals surface area contributed by atoms with E-state index in [1.807, 2.05) is 12.1 Å². The highest BCUT2D eigenvalue weighted by Crippen LogP contribution is 2.35. The molecule has 162 valence electrons. The smallest absolute Gasteiger partial charge is 0.421 e. The van der Waals surface area contributed by atoms with Crippen molar-refractivity contribution in [3.8, 4) is 5.75 Å². The lowest BCUT2D eigenvalue weighted by molar-refractivity contribution is -0.137. The number of rotatable bonds is 6. The van der Waals surface area contributed by atoms with E-state index in [4.69, 9.17) is 4.74 Å². The zero-order chi connectivity index (χ0) is 21.8. The Morgan fingerprint density at radius 2 is 1.52 bits per heavy atom. The highest BCUT2D eigenvalue weighted by Gasteiger charge is 2.35. The van der Waals surface area contributed by atoms with Crippen LogP contribution in [0.3, 0.4) is 0 Å². The monoisotopic (exact) mass is 540 g/mol. The van der Waals surface area contributed by atoms with Crippen LogP contribution in [0.25, 0.3) is 0 Å². The molecule has 2 N–H and O–H groups in total. The highest BCUT2D eigenvalue weighted by atomic mass is 127. The summed E-state index contributed by atoms with van der Waals surface area (Å²) in [6.07, 6.45) is 0.802. The van der Waals surface area contributed by atoms with Crippen LogP contribution >= 0.6 is 22.6 Å². The molecule has 0 unspecified atom stereocenters. The highest BCUT2D eigenvalue weighted by molar-refractivity contribution is 14.1. The van der Waals surface area contributed by atoms with Gasteiger partial charge in [0.15, 0.2) is 0 Å². The molecule has 1 saturated carbocycles. The molecular formula is C22H20F3IN4O. The lowest BCUT2D eigenvalue weighted by atomic mass is 10.2. The summed E-state index contributed by atoms with van der Waals surface area (Å²) in [6, 6.07) is 14.2. The summed E-state index contributed by atoms with van der Waals surface area (Å²) in [5, 5.41) is 5.70. The Hall–Kier alpha value is -2.56. The van der Waals surface area contributed by atoms with Crippen LogP contribution in [0.2, 0.25) is 0 Å². The molecule has 0 amide bonds. The quantitative estimate of drug-likeness (QED) is 0.333. The zero-order valence-electron chi connectivity index (χ0n) is 16.4. The Kier molecular flexibility index (Phi) is 6.49. The number of benzene rings is 2. The SMILES string of the molecule is FC(F)(F)c1cnc(Nc2ccc(I)cc2)nc1Nc1ccc(OC2CCCC2)cc1. The van der Waals surface area contributed by atoms with Gasteiger partial charge in [-0.05, 0) is 96.8 Å². The molecule has 0 spiro atoms. The van der Waals surface area contributed by atoms with Gasteiger partial charge in [-0.1, -0.05) is 0 Å². The van der Waals surface area contributed by atoms with Crippen molar-refractivity contribution in [2.45, 2.75) is 38.0 Å². The molecule has 4 rings (SSSR count). The first-order valence-corrected chi connectivity index (χ1v) is 11.0. The molecule has 0 saturated heterocycles. The maximum Gasteiger partial charge on any atom is 0.421 e. The van der Waals surface area contributed by atoms with Gasteiger partial charge in [0.05, 0.1) is 6.10 Å². The number of nitrogens with one attached hydrogen (secondary N) is 2. The van der Waals surface area contributed by atoms with E-state index in [1.165, 1.54) is 0 Å². The number of ether oxygens (including phenoxy) is 1. The third kappa shape index (κ3) is 5.78. The predicted molar refractivity (Wildman–Crippen MR) is 122 cm³/mol. The number of nitrogens with zero attached hydrogens (tertiary/aromatic N) is 2. The Labute approximate surface area is 191 Å². The molecule has 1 aliphatic rings. The largest absolute Gasteiger partial charge is 0.490 e. The summed E-state index contributed by atoms with van der Waals surface area (Å²) >= 11 is 2.17. The van der Waals surface area contributed by atoms with Crippen LogP contribution in [-0.2, 0) is 6.18 Å². The van der Waals surface area contributed by atoms with Gasteiger partial charge in [0.1, 0.15) is 17.1 Å². The molecule has 0 aliphatic heterocycles. The van der Waals surface area contributed by atoms with E-state index in [2.05, 4.69) is 43.2 Å². The minimum atomic E-state index is -4.59. The first-order valence-electron chi connectivity index (χ1n) is 9.87. The molecule has 31 heavy (non-hydrogen) atoms. The Morgan fingerprint density at radius 3 is 2.16 bits per heavy atom. The van der Waals surface area contributed by atoms with Crippen molar-refractivity contribution in [2.75, 3.05) is 10.6 Å². The second-order valence-electron chi connectivity index (χ2n) is 7.26. The van der Waals surface area contributed by atoms with Crippen molar-refractivity contribution in [3.63, 3.8) is 0 Å². The number of halogens is 4. The molecule has 0 atom stereocenters. The zero-order valence-corrected chi connectivity index (χ0v) is 18.6. The van der Waals surface area contributed by atoms with Crippen LogP contribution in [0.15, 0.2) is 54.7 Å². The minimum absolute atomic E-state index is 0.0675. The molecule has 1 fully saturated rings. The summed E-state index contributed by atoms with van der Waals surface area (Å²) in [4.78, 5) is 7.90. The minimum Gasteiger partial charge on any atom is -0.490 e. The molecule has 2 aromatic carbocycles. The van der Waals surface area contributed by atoms with Gasteiger partial charge >= 0.3 is 6.18 Å². The number of anilines is 4. The fourth-order valence-corrected chi connectivity index (χ4v) is 3.72. The number of aromatic nitrogens is 2. The molecule has 5 nitrogen and oxygen atoms in total. The van der Waals surface area contributed by atoms with Crippen molar-refractivity contribution in [1.29, 1.82) is 0 Å². The second-order valence-corrected chi connectivity index (χ2v) is 8.50. The average molecular weight is 540 g/mol. The van der Waals surface area contributed by atoms with Crippen LogP contribution in [0, 0.1) is 3.57 Å². The molecule has 1 aliphatic carbocycles. The Bertz CT molecular complexity index is 1020. The van der Waals surface area contributed by atoms with Crippen LogP contribution in [0.4, 0.5) is 36.3 Å². The summed E-state index contributed by atoms with van der Waals surface area (Å²) in [6.45, 7) is 0. The van der Waals surface area contributed by atoms with E-state index in [1.54, 1.807) is 36.4 Å². The molecular weight excluding hydrogens is 520 g/mol. The Balaban J connectivity index is 1.54. The van der Waals surface area contributed by atoms with E-state index < -0.39 is 11.7 Å². The molecule has 9 heteroatoms. The fraction of sp³-hybridized carbons (Fsp3) is 0.273. The Morgan fingerprint density at radius 1 is 0.903 bits per heavy atom. The van der Waals surface area contributed by atoms with Crippen LogP contribution in [0.5, 0.6) is 5.75 Å². The van der Waals surface area contributed by atoms with E-state index in [0.29, 0.717) is 17.1 Å². The van der Waals surface area contributed by atoms with Crippen molar-refractivity contribution in [3.05, 3.63) is 63.9 Å². The fourth-order valence-electron chi connectivity index (χ4n) is 3.36. The third-order valence-electron chi connectivity index (χ3n) is 4.92. The number of hydrogen-bond donors (Lipinski definition) is 2. The lowest BCUT2D eigenvalue weighted by Crippen LogP contribution is -2.13. The average Bonchev–Trinajstić information content (AvgIpc) is 3.24. The van der Waals surface area contributed by atoms with Crippen LogP contribution in [-0.4, -0.2) is 16.1 Å². The van der Waals surface area contributed by atoms with Gasteiger partial charge in [0.2, 0.25) is 5.95 Å². The molecule has 0 bridgehead atoms. The van der Waals surface area contributed by atoms with Gasteiger partial charge in [0.25, 0.3) is 0 Å². The van der Waals surface area contributed by atoms with E-state index in [0.717, 1.165) is 35.5 Å². The van der Waals surface area contributed by atoms with Gasteiger partial charge in [-0.15, -0.1) is 0 Å². The molecule has 0 radical (unpaired) electrons. The van der Waals surface area contributed by atoms with Crippen LogP contribution in [0.1, 0.15) is 31.2 Å². The van der Waals surface area contributed by atoms with Crippen molar-refractivity contribution < 1.29 is 17.9 Å². The van der Waals surface area contributed by atoms with E-state index in [-0.39, 0.29) is 17.9 Å². The molecule has 3 aromatic rings. The van der Waals surface area contributed by atoms with Gasteiger partial charge in [-0.2, -0.15) is 18.2 Å². The topological polar surface area (TPSA) is 59.1 Å². The first-order chi connectivity index (χ1) is 14.9. The second kappa shape index (κ2) is 9.29. The van der Waals surface area contributed by atoms with Gasteiger partial charge < -0.3 is 15.4 Å². The van der Waals surface area contributed by atoms with E-state index >= 15 is 0 Å². The number of alkyl halides is 3. The summed E-state index contributed by atoms with van der Waals surface area (Å²) in [5.74, 6) is 0.454. The number of hydrogen-bond acceptors (Lipinski definition) is 5. The molecule has 1 heterocycles. The summed E-state index contributed by atoms with van der Waals surface area (Å²) in [5.41, 5.74) is 0.217. The summed E-state index contributed by atoms with van der Waals surface area (Å²) in [7, 11) is 0. The third-order valence-corrected chi connectivity index (χ3v) is 5.64.